The van der Waals surface area contributed by atoms with Gasteiger partial charge in [0.2, 0.25) is 0 Å². The molecule has 0 radical (unpaired) electrons. The third kappa shape index (κ3) is 3.50. The number of benzene rings is 1. The molecule has 0 aliphatic heterocycles. The lowest BCUT2D eigenvalue weighted by atomic mass is 9.95. The number of aromatic nitrogens is 2. The van der Waals surface area contributed by atoms with Gasteiger partial charge >= 0.3 is 0 Å². The van der Waals surface area contributed by atoms with Crippen molar-refractivity contribution in [3.05, 3.63) is 51.6 Å². The van der Waals surface area contributed by atoms with Crippen LogP contribution in [-0.2, 0) is 6.54 Å². The van der Waals surface area contributed by atoms with Crippen molar-refractivity contribution in [3.63, 3.8) is 0 Å². The lowest BCUT2D eigenvalue weighted by molar-refractivity contribution is -0.707. The standard InChI is InChI=1S/C19H20FN3OS/c20-13-8-6-12(7-9-13)15-11-25-19-17(15)18(24)22-16(23-19)10-21-14-4-2-1-3-5-14/h6-9,11,14,21H,1-5,10H2,(H,22,23,24)/p+1. The van der Waals surface area contributed by atoms with Crippen molar-refractivity contribution in [2.75, 3.05) is 0 Å². The number of rotatable bonds is 4. The summed E-state index contributed by atoms with van der Waals surface area (Å²) in [7, 11) is 0. The molecule has 2 aromatic heterocycles. The van der Waals surface area contributed by atoms with Crippen LogP contribution in [0.1, 0.15) is 37.9 Å². The molecule has 3 N–H and O–H groups in total. The first-order chi connectivity index (χ1) is 12.2. The van der Waals surface area contributed by atoms with Crippen LogP contribution in [0.3, 0.4) is 0 Å². The van der Waals surface area contributed by atoms with E-state index < -0.39 is 0 Å². The van der Waals surface area contributed by atoms with Gasteiger partial charge in [-0.3, -0.25) is 4.79 Å². The van der Waals surface area contributed by atoms with Crippen LogP contribution in [0.2, 0.25) is 0 Å². The minimum Gasteiger partial charge on any atom is -0.338 e. The first kappa shape index (κ1) is 16.4. The first-order valence-corrected chi connectivity index (χ1v) is 9.68. The second-order valence-electron chi connectivity index (χ2n) is 6.69. The van der Waals surface area contributed by atoms with E-state index in [2.05, 4.69) is 15.3 Å². The zero-order valence-electron chi connectivity index (χ0n) is 13.9. The number of hydrogen-bond acceptors (Lipinski definition) is 3. The number of fused-ring (bicyclic) bond motifs is 1. The van der Waals surface area contributed by atoms with Gasteiger partial charge in [0.1, 0.15) is 17.2 Å². The van der Waals surface area contributed by atoms with Crippen molar-refractivity contribution in [2.45, 2.75) is 44.7 Å². The number of H-pyrrole nitrogens is 1. The van der Waals surface area contributed by atoms with E-state index in [1.165, 1.54) is 55.6 Å². The average Bonchev–Trinajstić information content (AvgIpc) is 3.06. The molecule has 2 heterocycles. The molecule has 1 aliphatic rings. The summed E-state index contributed by atoms with van der Waals surface area (Å²) < 4.78 is 13.1. The summed E-state index contributed by atoms with van der Waals surface area (Å²) in [5, 5.41) is 4.82. The molecular formula is C19H21FN3OS+. The minimum absolute atomic E-state index is 0.113. The van der Waals surface area contributed by atoms with Crippen LogP contribution in [0.5, 0.6) is 0 Å². The molecule has 1 saturated carbocycles. The SMILES string of the molecule is O=c1[nH]c(C[NH2+]C2CCCCC2)nc2scc(-c3ccc(F)cc3)c12. The predicted octanol–water partition coefficient (Wildman–Crippen LogP) is 3.19. The van der Waals surface area contributed by atoms with E-state index in [1.807, 2.05) is 5.38 Å². The summed E-state index contributed by atoms with van der Waals surface area (Å²) in [5.41, 5.74) is 1.54. The third-order valence-corrected chi connectivity index (χ3v) is 5.81. The number of hydrogen-bond donors (Lipinski definition) is 2. The largest absolute Gasteiger partial charge is 0.338 e. The van der Waals surface area contributed by atoms with E-state index in [1.54, 1.807) is 12.1 Å². The molecule has 0 spiro atoms. The van der Waals surface area contributed by atoms with Gasteiger partial charge in [0.05, 0.1) is 11.4 Å². The molecule has 0 atom stereocenters. The molecule has 0 saturated heterocycles. The molecule has 25 heavy (non-hydrogen) atoms. The number of nitrogens with two attached hydrogens (primary N) is 1. The van der Waals surface area contributed by atoms with Crippen molar-refractivity contribution in [1.82, 2.24) is 9.97 Å². The summed E-state index contributed by atoms with van der Waals surface area (Å²) in [5.74, 6) is 0.450. The van der Waals surface area contributed by atoms with E-state index in [4.69, 9.17) is 0 Å². The van der Waals surface area contributed by atoms with E-state index >= 15 is 0 Å². The van der Waals surface area contributed by atoms with Gasteiger partial charge in [-0.05, 0) is 43.4 Å². The van der Waals surface area contributed by atoms with Crippen LogP contribution in [0.15, 0.2) is 34.4 Å². The van der Waals surface area contributed by atoms with Gasteiger partial charge in [0, 0.05) is 10.9 Å². The molecule has 0 unspecified atom stereocenters. The van der Waals surface area contributed by atoms with Crippen LogP contribution < -0.4 is 10.9 Å². The Balaban J connectivity index is 1.60. The highest BCUT2D eigenvalue weighted by Crippen LogP contribution is 2.30. The van der Waals surface area contributed by atoms with Gasteiger partial charge in [-0.2, -0.15) is 0 Å². The van der Waals surface area contributed by atoms with Crippen molar-refractivity contribution < 1.29 is 9.71 Å². The topological polar surface area (TPSA) is 62.4 Å². The maximum atomic E-state index is 13.1. The molecule has 6 heteroatoms. The number of halogens is 1. The molecule has 1 fully saturated rings. The summed E-state index contributed by atoms with van der Waals surface area (Å²) >= 11 is 1.46. The fourth-order valence-electron chi connectivity index (χ4n) is 3.58. The van der Waals surface area contributed by atoms with Gasteiger partial charge in [-0.25, -0.2) is 9.37 Å². The molecule has 0 bridgehead atoms. The first-order valence-electron chi connectivity index (χ1n) is 8.80. The van der Waals surface area contributed by atoms with Crippen LogP contribution in [0.4, 0.5) is 4.39 Å². The van der Waals surface area contributed by atoms with Gasteiger partial charge in [0.15, 0.2) is 5.82 Å². The molecule has 0 amide bonds. The zero-order valence-corrected chi connectivity index (χ0v) is 14.7. The average molecular weight is 358 g/mol. The summed E-state index contributed by atoms with van der Waals surface area (Å²) in [6.07, 6.45) is 6.44. The van der Waals surface area contributed by atoms with Gasteiger partial charge in [-0.15, -0.1) is 11.3 Å². The van der Waals surface area contributed by atoms with Crippen molar-refractivity contribution in [3.8, 4) is 11.1 Å². The lowest BCUT2D eigenvalue weighted by Crippen LogP contribution is -2.88. The molecule has 4 rings (SSSR count). The molecule has 1 aromatic carbocycles. The van der Waals surface area contributed by atoms with Crippen molar-refractivity contribution >= 4 is 21.6 Å². The monoisotopic (exact) mass is 358 g/mol. The van der Waals surface area contributed by atoms with Gasteiger partial charge in [-0.1, -0.05) is 18.6 Å². The number of nitrogens with zero attached hydrogens (tertiary/aromatic N) is 1. The Morgan fingerprint density at radius 2 is 1.96 bits per heavy atom. The summed E-state index contributed by atoms with van der Waals surface area (Å²) in [6.45, 7) is 0.708. The molecule has 130 valence electrons. The van der Waals surface area contributed by atoms with E-state index in [-0.39, 0.29) is 11.4 Å². The van der Waals surface area contributed by atoms with E-state index in [0.717, 1.165) is 21.8 Å². The quantitative estimate of drug-likeness (QED) is 0.752. The highest BCUT2D eigenvalue weighted by atomic mass is 32.1. The number of aromatic amines is 1. The number of thiophene rings is 1. The van der Waals surface area contributed by atoms with Crippen LogP contribution in [-0.4, -0.2) is 16.0 Å². The van der Waals surface area contributed by atoms with Gasteiger partial charge < -0.3 is 10.3 Å². The molecule has 4 nitrogen and oxygen atoms in total. The van der Waals surface area contributed by atoms with Crippen LogP contribution in [0, 0.1) is 5.82 Å². The van der Waals surface area contributed by atoms with E-state index in [0.29, 0.717) is 18.0 Å². The van der Waals surface area contributed by atoms with E-state index in [9.17, 15) is 9.18 Å². The van der Waals surface area contributed by atoms with Gasteiger partial charge in [0.25, 0.3) is 5.56 Å². The predicted molar refractivity (Wildman–Crippen MR) is 98.1 cm³/mol. The Hall–Kier alpha value is -2.05. The smallest absolute Gasteiger partial charge is 0.260 e. The highest BCUT2D eigenvalue weighted by molar-refractivity contribution is 7.17. The maximum absolute atomic E-state index is 13.1. The Bertz CT molecular complexity index is 926. The summed E-state index contributed by atoms with van der Waals surface area (Å²) in [4.78, 5) is 20.9. The number of nitrogens with one attached hydrogen (secondary N) is 1. The van der Waals surface area contributed by atoms with Crippen LogP contribution >= 0.6 is 11.3 Å². The highest BCUT2D eigenvalue weighted by Gasteiger charge is 2.18. The fourth-order valence-corrected chi connectivity index (χ4v) is 4.55. The Labute approximate surface area is 149 Å². The van der Waals surface area contributed by atoms with Crippen LogP contribution in [0.25, 0.3) is 21.3 Å². The molecule has 1 aliphatic carbocycles. The molecule has 3 aromatic rings. The third-order valence-electron chi connectivity index (χ3n) is 4.94. The number of quaternary nitrogens is 1. The fraction of sp³-hybridized carbons (Fsp3) is 0.368. The Kier molecular flexibility index (Phi) is 4.63. The maximum Gasteiger partial charge on any atom is 0.260 e. The summed E-state index contributed by atoms with van der Waals surface area (Å²) in [6, 6.07) is 6.86. The lowest BCUT2D eigenvalue weighted by Gasteiger charge is -2.19. The Morgan fingerprint density at radius 1 is 1.20 bits per heavy atom. The second-order valence-corrected chi connectivity index (χ2v) is 7.55. The Morgan fingerprint density at radius 3 is 2.72 bits per heavy atom. The second kappa shape index (κ2) is 7.06. The van der Waals surface area contributed by atoms with Crippen molar-refractivity contribution in [2.24, 2.45) is 0 Å². The molecular weight excluding hydrogens is 337 g/mol. The normalized spacial score (nSPS) is 15.7. The zero-order chi connectivity index (χ0) is 17.2. The minimum atomic E-state index is -0.282. The van der Waals surface area contributed by atoms with Crippen molar-refractivity contribution in [1.29, 1.82) is 0 Å².